The zero-order valence-corrected chi connectivity index (χ0v) is 20.1. The maximum atomic E-state index is 13.1. The van der Waals surface area contributed by atoms with E-state index in [1.165, 1.54) is 12.1 Å². The third-order valence-electron chi connectivity index (χ3n) is 6.18. The highest BCUT2D eigenvalue weighted by Gasteiger charge is 2.51. The monoisotopic (exact) mass is 511 g/mol. The van der Waals surface area contributed by atoms with Gasteiger partial charge in [0.15, 0.2) is 0 Å². The lowest BCUT2D eigenvalue weighted by molar-refractivity contribution is -0.139. The first-order chi connectivity index (χ1) is 17.0. The topological polar surface area (TPSA) is 101 Å². The quantitative estimate of drug-likeness (QED) is 0.474. The summed E-state index contributed by atoms with van der Waals surface area (Å²) in [5.74, 6) is 0.228. The van der Waals surface area contributed by atoms with Crippen LogP contribution in [0.4, 0.5) is 18.0 Å². The van der Waals surface area contributed by atoms with Gasteiger partial charge in [-0.3, -0.25) is 14.6 Å². The summed E-state index contributed by atoms with van der Waals surface area (Å²) in [4.78, 5) is 35.2. The Hall–Kier alpha value is -3.19. The van der Waals surface area contributed by atoms with Crippen LogP contribution in [0.3, 0.4) is 0 Å². The molecule has 0 radical (unpaired) electrons. The Morgan fingerprint density at radius 2 is 1.78 bits per heavy atom. The van der Waals surface area contributed by atoms with Gasteiger partial charge in [0.2, 0.25) is 11.7 Å². The van der Waals surface area contributed by atoms with Gasteiger partial charge in [0.1, 0.15) is 17.8 Å². The summed E-state index contributed by atoms with van der Waals surface area (Å²) in [7, 11) is 0. The Balaban J connectivity index is 1.36. The van der Waals surface area contributed by atoms with E-state index in [1.807, 2.05) is 0 Å². The molecule has 0 atom stereocenters. The first kappa shape index (κ1) is 25.9. The summed E-state index contributed by atoms with van der Waals surface area (Å²) in [5, 5.41) is 3.90. The Labute approximate surface area is 205 Å². The second kappa shape index (κ2) is 10.4. The van der Waals surface area contributed by atoms with Gasteiger partial charge in [-0.1, -0.05) is 5.16 Å². The number of alkyl halides is 3. The van der Waals surface area contributed by atoms with Gasteiger partial charge in [-0.05, 0) is 38.1 Å². The second-order valence-corrected chi connectivity index (χ2v) is 9.09. The van der Waals surface area contributed by atoms with Gasteiger partial charge in [-0.2, -0.15) is 18.2 Å². The number of hydrogen-bond acceptors (Lipinski definition) is 8. The number of rotatable bonds is 9. The minimum Gasteiger partial charge on any atom is -0.493 e. The molecule has 2 saturated heterocycles. The normalized spacial score (nSPS) is 18.8. The molecule has 0 saturated carbocycles. The van der Waals surface area contributed by atoms with Crippen molar-refractivity contribution in [3.8, 4) is 17.1 Å². The van der Waals surface area contributed by atoms with Crippen LogP contribution in [0.1, 0.15) is 26.2 Å². The number of nitrogens with zero attached hydrogens (tertiary/aromatic N) is 5. The molecule has 2 aliphatic rings. The number of aromatic nitrogens is 2. The Morgan fingerprint density at radius 3 is 2.44 bits per heavy atom. The first-order valence-corrected chi connectivity index (χ1v) is 11.6. The number of carbonyl (C=O) groups excluding carboxylic acids is 2. The fourth-order valence-corrected chi connectivity index (χ4v) is 4.05. The lowest BCUT2D eigenvalue weighted by atomic mass is 10.0. The number of urea groups is 1. The number of hydrogen-bond donors (Lipinski definition) is 0. The predicted molar refractivity (Wildman–Crippen MR) is 120 cm³/mol. The van der Waals surface area contributed by atoms with Gasteiger partial charge in [0.05, 0.1) is 26.2 Å². The number of amides is 3. The highest BCUT2D eigenvalue weighted by Crippen LogP contribution is 2.29. The SMILES string of the molecule is CC1(C)C(=O)N(Cc2nc(-c3ccc(OCCC(F)(F)F)cc3)no2)C(=O)N1CCN1CCOCC1. The molecule has 2 fully saturated rings. The molecule has 0 bridgehead atoms. The van der Waals surface area contributed by atoms with Crippen LogP contribution in [0.5, 0.6) is 5.75 Å². The first-order valence-electron chi connectivity index (χ1n) is 11.6. The van der Waals surface area contributed by atoms with E-state index >= 15 is 0 Å². The van der Waals surface area contributed by atoms with Gasteiger partial charge in [-0.15, -0.1) is 0 Å². The number of morpholine rings is 1. The Bertz CT molecular complexity index is 1070. The van der Waals surface area contributed by atoms with Crippen molar-refractivity contribution in [2.45, 2.75) is 38.5 Å². The average Bonchev–Trinajstić information content (AvgIpc) is 3.36. The van der Waals surface area contributed by atoms with E-state index in [2.05, 4.69) is 15.0 Å². The number of ether oxygens (including phenoxy) is 2. The van der Waals surface area contributed by atoms with Crippen LogP contribution in [-0.2, 0) is 16.1 Å². The molecule has 1 aromatic carbocycles. The van der Waals surface area contributed by atoms with E-state index in [4.69, 9.17) is 14.0 Å². The molecule has 3 amide bonds. The van der Waals surface area contributed by atoms with E-state index in [9.17, 15) is 22.8 Å². The molecular weight excluding hydrogens is 483 g/mol. The molecule has 0 N–H and O–H groups in total. The molecule has 2 aromatic rings. The van der Waals surface area contributed by atoms with Crippen molar-refractivity contribution in [3.63, 3.8) is 0 Å². The van der Waals surface area contributed by atoms with Crippen LogP contribution in [0.15, 0.2) is 28.8 Å². The van der Waals surface area contributed by atoms with Crippen LogP contribution < -0.4 is 4.74 Å². The lowest BCUT2D eigenvalue weighted by Crippen LogP contribution is -2.48. The minimum atomic E-state index is -4.28. The van der Waals surface area contributed by atoms with E-state index in [-0.39, 0.29) is 29.9 Å². The van der Waals surface area contributed by atoms with Crippen LogP contribution in [0.25, 0.3) is 11.4 Å². The van der Waals surface area contributed by atoms with E-state index in [0.717, 1.165) is 18.0 Å². The van der Waals surface area contributed by atoms with Crippen LogP contribution in [0.2, 0.25) is 0 Å². The molecule has 36 heavy (non-hydrogen) atoms. The Kier molecular flexibility index (Phi) is 7.50. The molecule has 0 unspecified atom stereocenters. The van der Waals surface area contributed by atoms with Crippen LogP contribution >= 0.6 is 0 Å². The van der Waals surface area contributed by atoms with Crippen LogP contribution in [0, 0.1) is 0 Å². The average molecular weight is 512 g/mol. The van der Waals surface area contributed by atoms with Gasteiger partial charge in [-0.25, -0.2) is 4.79 Å². The summed E-state index contributed by atoms with van der Waals surface area (Å²) in [5.41, 5.74) is -0.464. The maximum Gasteiger partial charge on any atom is 0.392 e. The van der Waals surface area contributed by atoms with Crippen molar-refractivity contribution in [3.05, 3.63) is 30.2 Å². The van der Waals surface area contributed by atoms with Gasteiger partial charge in [0, 0.05) is 31.7 Å². The van der Waals surface area contributed by atoms with Crippen molar-refractivity contribution >= 4 is 11.9 Å². The molecule has 0 aliphatic carbocycles. The molecule has 10 nitrogen and oxygen atoms in total. The summed E-state index contributed by atoms with van der Waals surface area (Å²) < 4.78 is 52.5. The third kappa shape index (κ3) is 5.95. The van der Waals surface area contributed by atoms with Crippen LogP contribution in [-0.4, -0.2) is 94.5 Å². The fourth-order valence-electron chi connectivity index (χ4n) is 4.05. The Morgan fingerprint density at radius 1 is 1.08 bits per heavy atom. The summed E-state index contributed by atoms with van der Waals surface area (Å²) in [6.07, 6.45) is -5.33. The highest BCUT2D eigenvalue weighted by atomic mass is 19.4. The maximum absolute atomic E-state index is 13.1. The van der Waals surface area contributed by atoms with Gasteiger partial charge >= 0.3 is 12.2 Å². The van der Waals surface area contributed by atoms with E-state index in [0.29, 0.717) is 31.9 Å². The zero-order chi connectivity index (χ0) is 25.9. The summed E-state index contributed by atoms with van der Waals surface area (Å²) in [6.45, 7) is 6.69. The number of carbonyl (C=O) groups is 2. The van der Waals surface area contributed by atoms with E-state index in [1.54, 1.807) is 30.9 Å². The molecule has 13 heteroatoms. The summed E-state index contributed by atoms with van der Waals surface area (Å²) >= 11 is 0. The highest BCUT2D eigenvalue weighted by molar-refractivity contribution is 6.06. The van der Waals surface area contributed by atoms with E-state index < -0.39 is 30.8 Å². The van der Waals surface area contributed by atoms with Crippen molar-refractivity contribution in [1.82, 2.24) is 24.8 Å². The molecule has 196 valence electrons. The minimum absolute atomic E-state index is 0.0861. The summed E-state index contributed by atoms with van der Waals surface area (Å²) in [6, 6.07) is 5.76. The fraction of sp³-hybridized carbons (Fsp3) is 0.565. The van der Waals surface area contributed by atoms with Gasteiger partial charge < -0.3 is 18.9 Å². The lowest BCUT2D eigenvalue weighted by Gasteiger charge is -2.32. The molecule has 2 aliphatic heterocycles. The smallest absolute Gasteiger partial charge is 0.392 e. The molecular formula is C23H28F3N5O5. The molecule has 0 spiro atoms. The number of imide groups is 1. The van der Waals surface area contributed by atoms with Crippen molar-refractivity contribution < 1.29 is 36.8 Å². The standard InChI is InChI=1S/C23H28F3N5O5/c1-22(2)20(32)30(21(33)31(22)9-8-29-10-13-34-14-11-29)15-18-27-19(28-36-18)16-3-5-17(6-4-16)35-12-7-23(24,25)26/h3-6H,7-15H2,1-2H3. The number of benzene rings is 1. The second-order valence-electron chi connectivity index (χ2n) is 9.09. The van der Waals surface area contributed by atoms with Crippen molar-refractivity contribution in [2.75, 3.05) is 46.0 Å². The van der Waals surface area contributed by atoms with Crippen molar-refractivity contribution in [1.29, 1.82) is 0 Å². The largest absolute Gasteiger partial charge is 0.493 e. The van der Waals surface area contributed by atoms with Gasteiger partial charge in [0.25, 0.3) is 5.91 Å². The number of halogens is 3. The molecule has 4 rings (SSSR count). The predicted octanol–water partition coefficient (Wildman–Crippen LogP) is 2.94. The molecule has 3 heterocycles. The van der Waals surface area contributed by atoms with Crippen molar-refractivity contribution in [2.24, 2.45) is 0 Å². The third-order valence-corrected chi connectivity index (χ3v) is 6.18. The molecule has 1 aromatic heterocycles. The zero-order valence-electron chi connectivity index (χ0n) is 20.1.